The third-order valence-electron chi connectivity index (χ3n) is 8.89. The van der Waals surface area contributed by atoms with Crippen LogP contribution in [0.5, 0.6) is 0 Å². The first-order valence-electron chi connectivity index (χ1n) is 16.4. The quantitative estimate of drug-likeness (QED) is 0.244. The lowest BCUT2D eigenvalue weighted by atomic mass is 10.1. The number of carbonyl (C=O) groups is 3. The minimum absolute atomic E-state index is 0.0834. The SMILES string of the molecule is CC(C)(C)OC(=O)N1CCN(C(=O)c2cc(C3CC3)cn3cc(CNc4cc(NC(=O)[C@H]5C[C@@H]5c5cccc(Cl)c5)ncn4)nc23)CC1. The van der Waals surface area contributed by atoms with Crippen LogP contribution in [0, 0.1) is 5.92 Å². The second-order valence-corrected chi connectivity index (χ2v) is 14.3. The van der Waals surface area contributed by atoms with E-state index in [0.29, 0.717) is 66.5 Å². The van der Waals surface area contributed by atoms with Crippen LogP contribution in [-0.4, -0.2) is 78.8 Å². The minimum Gasteiger partial charge on any atom is -0.444 e. The fraction of sp³-hybridized carbons (Fsp3) is 0.429. The van der Waals surface area contributed by atoms with Gasteiger partial charge in [0, 0.05) is 55.6 Å². The molecule has 7 rings (SSSR count). The molecule has 250 valence electrons. The number of pyridine rings is 1. The van der Waals surface area contributed by atoms with Gasteiger partial charge in [-0.3, -0.25) is 9.59 Å². The van der Waals surface area contributed by atoms with Crippen molar-refractivity contribution in [3.8, 4) is 0 Å². The number of benzene rings is 1. The maximum Gasteiger partial charge on any atom is 0.410 e. The number of carbonyl (C=O) groups excluding carboxylic acids is 3. The average molecular weight is 671 g/mol. The standard InChI is InChI=1S/C35H39ClN8O4/c1-35(2,3)48-34(47)43-11-9-42(10-12-43)33(46)28-14-23(21-7-8-21)18-44-19-25(40-31(28)44)17-37-29-16-30(39-20-38-29)41-32(45)27-15-26(27)22-5-4-6-24(36)13-22/h4-6,13-14,16,18-21,26-27H,7-12,15,17H2,1-3H3,(H2,37,38,39,41,45)/t26-,27+/m1/s1. The van der Waals surface area contributed by atoms with Gasteiger partial charge in [-0.15, -0.1) is 0 Å². The van der Waals surface area contributed by atoms with Crippen LogP contribution in [0.1, 0.15) is 79.0 Å². The van der Waals surface area contributed by atoms with Crippen LogP contribution < -0.4 is 10.6 Å². The topological polar surface area (TPSA) is 134 Å². The van der Waals surface area contributed by atoms with Gasteiger partial charge in [-0.25, -0.2) is 19.7 Å². The Balaban J connectivity index is 1.00. The van der Waals surface area contributed by atoms with Crippen LogP contribution in [0.3, 0.4) is 0 Å². The van der Waals surface area contributed by atoms with Gasteiger partial charge < -0.3 is 29.6 Å². The summed E-state index contributed by atoms with van der Waals surface area (Å²) in [6.07, 6.45) is 8.01. The summed E-state index contributed by atoms with van der Waals surface area (Å²) in [7, 11) is 0. The zero-order valence-electron chi connectivity index (χ0n) is 27.3. The predicted octanol–water partition coefficient (Wildman–Crippen LogP) is 5.70. The van der Waals surface area contributed by atoms with Crippen molar-refractivity contribution in [1.82, 2.24) is 29.2 Å². The molecule has 3 fully saturated rings. The molecule has 1 saturated heterocycles. The molecule has 1 aromatic carbocycles. The second kappa shape index (κ2) is 12.7. The van der Waals surface area contributed by atoms with E-state index in [2.05, 4.69) is 26.8 Å². The molecule has 3 aliphatic rings. The molecule has 48 heavy (non-hydrogen) atoms. The van der Waals surface area contributed by atoms with Crippen LogP contribution >= 0.6 is 11.6 Å². The molecule has 13 heteroatoms. The lowest BCUT2D eigenvalue weighted by Gasteiger charge is -2.35. The highest BCUT2D eigenvalue weighted by atomic mass is 35.5. The third kappa shape index (κ3) is 7.23. The molecule has 4 heterocycles. The number of imidazole rings is 1. The summed E-state index contributed by atoms with van der Waals surface area (Å²) >= 11 is 6.13. The molecule has 12 nitrogen and oxygen atoms in total. The molecule has 2 aliphatic carbocycles. The molecule has 2 atom stereocenters. The van der Waals surface area contributed by atoms with Crippen LogP contribution in [0.25, 0.3) is 5.65 Å². The summed E-state index contributed by atoms with van der Waals surface area (Å²) in [4.78, 5) is 56.2. The Morgan fingerprint density at radius 1 is 0.958 bits per heavy atom. The molecule has 4 aromatic rings. The lowest BCUT2D eigenvalue weighted by molar-refractivity contribution is -0.117. The summed E-state index contributed by atoms with van der Waals surface area (Å²) in [5, 5.41) is 6.86. The molecular formula is C35H39ClN8O4. The summed E-state index contributed by atoms with van der Waals surface area (Å²) in [5.74, 6) is 1.24. The van der Waals surface area contributed by atoms with E-state index in [1.807, 2.05) is 61.7 Å². The van der Waals surface area contributed by atoms with E-state index in [0.717, 1.165) is 36.1 Å². The molecule has 3 aromatic heterocycles. The van der Waals surface area contributed by atoms with Crippen molar-refractivity contribution >= 4 is 46.8 Å². The van der Waals surface area contributed by atoms with E-state index in [9.17, 15) is 14.4 Å². The Morgan fingerprint density at radius 2 is 1.71 bits per heavy atom. The third-order valence-corrected chi connectivity index (χ3v) is 9.13. The number of nitrogens with one attached hydrogen (secondary N) is 2. The van der Waals surface area contributed by atoms with E-state index in [1.165, 1.54) is 6.33 Å². The lowest BCUT2D eigenvalue weighted by Crippen LogP contribution is -2.51. The van der Waals surface area contributed by atoms with Crippen molar-refractivity contribution in [1.29, 1.82) is 0 Å². The van der Waals surface area contributed by atoms with Gasteiger partial charge in [0.05, 0.1) is 17.8 Å². The van der Waals surface area contributed by atoms with E-state index in [1.54, 1.807) is 15.9 Å². The van der Waals surface area contributed by atoms with Gasteiger partial charge in [-0.1, -0.05) is 23.7 Å². The van der Waals surface area contributed by atoms with Crippen molar-refractivity contribution in [3.63, 3.8) is 0 Å². The van der Waals surface area contributed by atoms with Gasteiger partial charge in [0.25, 0.3) is 5.91 Å². The predicted molar refractivity (Wildman–Crippen MR) is 181 cm³/mol. The van der Waals surface area contributed by atoms with Crippen molar-refractivity contribution in [2.45, 2.75) is 64.0 Å². The van der Waals surface area contributed by atoms with Crippen LogP contribution in [0.4, 0.5) is 16.4 Å². The van der Waals surface area contributed by atoms with Gasteiger partial charge in [-0.2, -0.15) is 0 Å². The maximum absolute atomic E-state index is 13.9. The van der Waals surface area contributed by atoms with Crippen LogP contribution in [-0.2, 0) is 16.1 Å². The summed E-state index contributed by atoms with van der Waals surface area (Å²) in [6.45, 7) is 7.54. The number of aromatic nitrogens is 4. The number of halogens is 1. The van der Waals surface area contributed by atoms with Crippen molar-refractivity contribution in [3.05, 3.63) is 82.5 Å². The largest absolute Gasteiger partial charge is 0.444 e. The molecule has 2 saturated carbocycles. The van der Waals surface area contributed by atoms with E-state index >= 15 is 0 Å². The highest BCUT2D eigenvalue weighted by molar-refractivity contribution is 6.30. The van der Waals surface area contributed by atoms with Gasteiger partial charge in [-0.05, 0) is 81.2 Å². The Bertz CT molecular complexity index is 1880. The van der Waals surface area contributed by atoms with E-state index in [4.69, 9.17) is 21.3 Å². The summed E-state index contributed by atoms with van der Waals surface area (Å²) in [6, 6.07) is 11.3. The van der Waals surface area contributed by atoms with Gasteiger partial charge in [0.2, 0.25) is 5.91 Å². The highest BCUT2D eigenvalue weighted by Gasteiger charge is 2.44. The molecule has 0 spiro atoms. The fourth-order valence-electron chi connectivity index (χ4n) is 6.16. The molecule has 0 bridgehead atoms. The van der Waals surface area contributed by atoms with Crippen LogP contribution in [0.15, 0.2) is 55.1 Å². The second-order valence-electron chi connectivity index (χ2n) is 13.8. The first-order valence-corrected chi connectivity index (χ1v) is 16.8. The molecule has 3 amide bonds. The zero-order valence-corrected chi connectivity index (χ0v) is 28.0. The number of amides is 3. The normalized spacial score (nSPS) is 19.2. The highest BCUT2D eigenvalue weighted by Crippen LogP contribution is 2.48. The summed E-state index contributed by atoms with van der Waals surface area (Å²) in [5.41, 5.74) is 3.49. The number of nitrogens with zero attached hydrogens (tertiary/aromatic N) is 6. The van der Waals surface area contributed by atoms with E-state index < -0.39 is 5.60 Å². The number of ether oxygens (including phenoxy) is 1. The van der Waals surface area contributed by atoms with Crippen molar-refractivity contribution < 1.29 is 19.1 Å². The monoisotopic (exact) mass is 670 g/mol. The summed E-state index contributed by atoms with van der Waals surface area (Å²) < 4.78 is 7.45. The molecular weight excluding hydrogens is 632 g/mol. The number of anilines is 2. The molecule has 0 radical (unpaired) electrons. The Kier molecular flexibility index (Phi) is 8.44. The molecule has 0 unspecified atom stereocenters. The fourth-order valence-corrected chi connectivity index (χ4v) is 6.35. The number of fused-ring (bicyclic) bond motifs is 1. The zero-order chi connectivity index (χ0) is 33.6. The van der Waals surface area contributed by atoms with Gasteiger partial charge in [0.1, 0.15) is 29.2 Å². The number of hydrogen-bond acceptors (Lipinski definition) is 8. The molecule has 1 aliphatic heterocycles. The Labute approximate surface area is 283 Å². The minimum atomic E-state index is -0.573. The smallest absolute Gasteiger partial charge is 0.410 e. The molecule has 2 N–H and O–H groups in total. The number of piperazine rings is 1. The first-order chi connectivity index (χ1) is 23.0. The van der Waals surface area contributed by atoms with Gasteiger partial charge in [0.15, 0.2) is 0 Å². The van der Waals surface area contributed by atoms with Crippen LogP contribution in [0.2, 0.25) is 5.02 Å². The maximum atomic E-state index is 13.9. The Hall–Kier alpha value is -4.71. The average Bonchev–Trinajstić information content (AvgIpc) is 3.99. The van der Waals surface area contributed by atoms with Crippen molar-refractivity contribution in [2.75, 3.05) is 36.8 Å². The van der Waals surface area contributed by atoms with E-state index in [-0.39, 0.29) is 29.7 Å². The number of rotatable bonds is 8. The Morgan fingerprint density at radius 3 is 2.44 bits per heavy atom. The van der Waals surface area contributed by atoms with Crippen molar-refractivity contribution in [2.24, 2.45) is 5.92 Å². The first kappa shape index (κ1) is 31.9. The number of hydrogen-bond donors (Lipinski definition) is 2. The van der Waals surface area contributed by atoms with Gasteiger partial charge >= 0.3 is 6.09 Å².